The molecule has 1 N–H and O–H groups in total. The van der Waals surface area contributed by atoms with Gasteiger partial charge in [-0.3, -0.25) is 4.79 Å². The van der Waals surface area contributed by atoms with Crippen molar-refractivity contribution in [3.05, 3.63) is 41.4 Å². The number of nitrogens with one attached hydrogen (secondary N) is 1. The SMILES string of the molecule is O=C(CCC1CCCCC1)NCCOc1ccc2nnc(-c3ccccc3Cl)n2n1. The van der Waals surface area contributed by atoms with Crippen molar-refractivity contribution < 1.29 is 9.53 Å². The van der Waals surface area contributed by atoms with Gasteiger partial charge in [0, 0.05) is 18.1 Å². The maximum absolute atomic E-state index is 12.1. The highest BCUT2D eigenvalue weighted by Crippen LogP contribution is 2.27. The van der Waals surface area contributed by atoms with E-state index in [4.69, 9.17) is 16.3 Å². The molecule has 4 rings (SSSR count). The number of ether oxygens (including phenoxy) is 1. The normalized spacial score (nSPS) is 14.7. The second kappa shape index (κ2) is 9.89. The number of carbonyl (C=O) groups is 1. The number of hydrogen-bond donors (Lipinski definition) is 1. The topological polar surface area (TPSA) is 81.4 Å². The number of amides is 1. The molecule has 0 bridgehead atoms. The minimum Gasteiger partial charge on any atom is -0.475 e. The maximum Gasteiger partial charge on any atom is 0.231 e. The number of fused-ring (bicyclic) bond motifs is 1. The Morgan fingerprint density at radius 1 is 1.13 bits per heavy atom. The lowest BCUT2D eigenvalue weighted by Crippen LogP contribution is -2.28. The Bertz CT molecular complexity index is 1000. The molecule has 1 aromatic carbocycles. The largest absolute Gasteiger partial charge is 0.475 e. The summed E-state index contributed by atoms with van der Waals surface area (Å²) in [5.41, 5.74) is 1.36. The van der Waals surface area contributed by atoms with Gasteiger partial charge in [-0.2, -0.15) is 4.52 Å². The first-order valence-corrected chi connectivity index (χ1v) is 11.0. The molecule has 0 radical (unpaired) electrons. The molecular formula is C22H26ClN5O2. The van der Waals surface area contributed by atoms with Gasteiger partial charge in [0.2, 0.25) is 11.8 Å². The molecule has 2 aromatic heterocycles. The van der Waals surface area contributed by atoms with E-state index in [2.05, 4.69) is 20.6 Å². The quantitative estimate of drug-likeness (QED) is 0.542. The standard InChI is InChI=1S/C22H26ClN5O2/c23-18-9-5-4-8-17(18)22-26-25-19-11-13-21(27-28(19)22)30-15-14-24-20(29)12-10-16-6-2-1-3-7-16/h4-5,8-9,11,13,16H,1-3,6-7,10,12,14-15H2,(H,24,29). The fraction of sp³-hybridized carbons (Fsp3) is 0.455. The number of nitrogens with zero attached hydrogens (tertiary/aromatic N) is 4. The molecule has 0 unspecified atom stereocenters. The minimum atomic E-state index is 0.0902. The summed E-state index contributed by atoms with van der Waals surface area (Å²) in [7, 11) is 0. The van der Waals surface area contributed by atoms with Crippen LogP contribution in [0.3, 0.4) is 0 Å². The molecule has 0 spiro atoms. The predicted molar refractivity (Wildman–Crippen MR) is 116 cm³/mol. The maximum atomic E-state index is 12.1. The van der Waals surface area contributed by atoms with E-state index < -0.39 is 0 Å². The molecule has 3 aromatic rings. The zero-order valence-corrected chi connectivity index (χ0v) is 17.6. The highest BCUT2D eigenvalue weighted by molar-refractivity contribution is 6.33. The van der Waals surface area contributed by atoms with E-state index in [1.165, 1.54) is 32.1 Å². The molecule has 1 amide bonds. The molecule has 1 aliphatic rings. The highest BCUT2D eigenvalue weighted by Gasteiger charge is 2.15. The Balaban J connectivity index is 1.28. The third kappa shape index (κ3) is 5.08. The molecule has 0 aliphatic heterocycles. The summed E-state index contributed by atoms with van der Waals surface area (Å²) in [6.07, 6.45) is 8.08. The van der Waals surface area contributed by atoms with Crippen molar-refractivity contribution >= 4 is 23.2 Å². The summed E-state index contributed by atoms with van der Waals surface area (Å²) in [5, 5.41) is 16.3. The molecule has 158 valence electrons. The fourth-order valence-electron chi connectivity index (χ4n) is 3.91. The van der Waals surface area contributed by atoms with Gasteiger partial charge in [-0.15, -0.1) is 15.3 Å². The molecule has 0 atom stereocenters. The van der Waals surface area contributed by atoms with Crippen molar-refractivity contribution in [2.45, 2.75) is 44.9 Å². The van der Waals surface area contributed by atoms with Crippen LogP contribution in [0.2, 0.25) is 5.02 Å². The molecule has 1 aliphatic carbocycles. The second-order valence-electron chi connectivity index (χ2n) is 7.69. The van der Waals surface area contributed by atoms with E-state index in [-0.39, 0.29) is 5.91 Å². The second-order valence-corrected chi connectivity index (χ2v) is 8.09. The monoisotopic (exact) mass is 427 g/mol. The molecular weight excluding hydrogens is 402 g/mol. The molecule has 1 fully saturated rings. The average Bonchev–Trinajstić information content (AvgIpc) is 3.19. The number of halogens is 1. The lowest BCUT2D eigenvalue weighted by Gasteiger charge is -2.20. The summed E-state index contributed by atoms with van der Waals surface area (Å²) in [6.45, 7) is 0.792. The molecule has 7 nitrogen and oxygen atoms in total. The number of rotatable bonds is 8. The zero-order valence-electron chi connectivity index (χ0n) is 16.9. The highest BCUT2D eigenvalue weighted by atomic mass is 35.5. The Morgan fingerprint density at radius 3 is 2.80 bits per heavy atom. The Hall–Kier alpha value is -2.67. The van der Waals surface area contributed by atoms with Crippen molar-refractivity contribution in [2.24, 2.45) is 5.92 Å². The first-order valence-electron chi connectivity index (χ1n) is 10.6. The van der Waals surface area contributed by atoms with Crippen LogP contribution in [0.4, 0.5) is 0 Å². The fourth-order valence-corrected chi connectivity index (χ4v) is 4.13. The Morgan fingerprint density at radius 2 is 1.97 bits per heavy atom. The van der Waals surface area contributed by atoms with Gasteiger partial charge in [0.15, 0.2) is 11.5 Å². The molecule has 2 heterocycles. The summed E-state index contributed by atoms with van der Waals surface area (Å²) in [5.74, 6) is 1.80. The van der Waals surface area contributed by atoms with Crippen LogP contribution in [-0.2, 0) is 4.79 Å². The lowest BCUT2D eigenvalue weighted by atomic mass is 9.86. The van der Waals surface area contributed by atoms with Gasteiger partial charge in [0.1, 0.15) is 6.61 Å². The summed E-state index contributed by atoms with van der Waals surface area (Å²) in [6, 6.07) is 11.0. The molecule has 8 heteroatoms. The van der Waals surface area contributed by atoms with E-state index in [0.29, 0.717) is 47.9 Å². The predicted octanol–water partition coefficient (Wildman–Crippen LogP) is 4.30. The summed E-state index contributed by atoms with van der Waals surface area (Å²) < 4.78 is 7.32. The van der Waals surface area contributed by atoms with Gasteiger partial charge in [0.05, 0.1) is 11.6 Å². The van der Waals surface area contributed by atoms with Crippen LogP contribution in [0.5, 0.6) is 5.88 Å². The molecule has 0 saturated heterocycles. The van der Waals surface area contributed by atoms with Crippen LogP contribution in [-0.4, -0.2) is 38.9 Å². The molecule has 30 heavy (non-hydrogen) atoms. The summed E-state index contributed by atoms with van der Waals surface area (Å²) >= 11 is 6.28. The van der Waals surface area contributed by atoms with Crippen molar-refractivity contribution in [3.63, 3.8) is 0 Å². The Labute approximate surface area is 180 Å². The van der Waals surface area contributed by atoms with Crippen LogP contribution in [0.1, 0.15) is 44.9 Å². The van der Waals surface area contributed by atoms with Gasteiger partial charge in [0.25, 0.3) is 0 Å². The smallest absolute Gasteiger partial charge is 0.231 e. The van der Waals surface area contributed by atoms with Crippen molar-refractivity contribution in [2.75, 3.05) is 13.2 Å². The van der Waals surface area contributed by atoms with Crippen LogP contribution in [0.15, 0.2) is 36.4 Å². The van der Waals surface area contributed by atoms with Gasteiger partial charge in [-0.25, -0.2) is 0 Å². The van der Waals surface area contributed by atoms with Crippen molar-refractivity contribution in [1.82, 2.24) is 25.1 Å². The number of aromatic nitrogens is 4. The third-order valence-corrected chi connectivity index (χ3v) is 5.86. The van der Waals surface area contributed by atoms with Crippen molar-refractivity contribution in [3.8, 4) is 17.3 Å². The van der Waals surface area contributed by atoms with Crippen LogP contribution < -0.4 is 10.1 Å². The van der Waals surface area contributed by atoms with E-state index in [1.54, 1.807) is 22.7 Å². The van der Waals surface area contributed by atoms with Crippen LogP contribution >= 0.6 is 11.6 Å². The summed E-state index contributed by atoms with van der Waals surface area (Å²) in [4.78, 5) is 12.1. The van der Waals surface area contributed by atoms with Gasteiger partial charge in [-0.1, -0.05) is 55.8 Å². The van der Waals surface area contributed by atoms with Gasteiger partial charge < -0.3 is 10.1 Å². The number of carbonyl (C=O) groups excluding carboxylic acids is 1. The Kier molecular flexibility index (Phi) is 6.79. The number of benzene rings is 1. The first kappa shape index (κ1) is 20.6. The van der Waals surface area contributed by atoms with E-state index in [9.17, 15) is 4.79 Å². The first-order chi connectivity index (χ1) is 14.7. The average molecular weight is 428 g/mol. The van der Waals surface area contributed by atoms with Crippen LogP contribution in [0, 0.1) is 5.92 Å². The van der Waals surface area contributed by atoms with E-state index in [0.717, 1.165) is 12.0 Å². The van der Waals surface area contributed by atoms with Crippen LogP contribution in [0.25, 0.3) is 17.0 Å². The zero-order chi connectivity index (χ0) is 20.8. The lowest BCUT2D eigenvalue weighted by molar-refractivity contribution is -0.121. The van der Waals surface area contributed by atoms with E-state index >= 15 is 0 Å². The van der Waals surface area contributed by atoms with Gasteiger partial charge >= 0.3 is 0 Å². The van der Waals surface area contributed by atoms with E-state index in [1.807, 2.05) is 18.2 Å². The molecule has 1 saturated carbocycles. The third-order valence-electron chi connectivity index (χ3n) is 5.53. The number of hydrogen-bond acceptors (Lipinski definition) is 5. The van der Waals surface area contributed by atoms with Crippen molar-refractivity contribution in [1.29, 1.82) is 0 Å². The minimum absolute atomic E-state index is 0.0902. The van der Waals surface area contributed by atoms with Gasteiger partial charge in [-0.05, 0) is 30.5 Å².